The van der Waals surface area contributed by atoms with Crippen LogP contribution in [0.5, 0.6) is 0 Å². The highest BCUT2D eigenvalue weighted by Crippen LogP contribution is 2.13. The minimum absolute atomic E-state index is 0.0183. The molecule has 2 atom stereocenters. The Balaban J connectivity index is 2.63. The molecule has 0 saturated carbocycles. The smallest absolute Gasteiger partial charge is 0.322 e. The number of carbonyl (C=O) groups excluding carboxylic acids is 3. The molecule has 6 N–H and O–H groups in total. The van der Waals surface area contributed by atoms with Crippen LogP contribution in [-0.2, 0) is 19.2 Å². The van der Waals surface area contributed by atoms with Gasteiger partial charge in [0.15, 0.2) is 5.78 Å². The summed E-state index contributed by atoms with van der Waals surface area (Å²) in [5.41, 5.74) is 5.84. The number of carboxylic acids is 2. The lowest BCUT2D eigenvalue weighted by atomic mass is 10.1. The summed E-state index contributed by atoms with van der Waals surface area (Å²) >= 11 is 4.38. The zero-order valence-electron chi connectivity index (χ0n) is 15.8. The summed E-state index contributed by atoms with van der Waals surface area (Å²) in [4.78, 5) is 57.8. The van der Waals surface area contributed by atoms with Crippen LogP contribution in [0.25, 0.3) is 0 Å². The van der Waals surface area contributed by atoms with E-state index in [0.717, 1.165) is 16.2 Å². The first-order valence-electron chi connectivity index (χ1n) is 8.74. The predicted octanol–water partition coefficient (Wildman–Crippen LogP) is 0.243. The van der Waals surface area contributed by atoms with E-state index in [0.29, 0.717) is 5.56 Å². The average Bonchev–Trinajstić information content (AvgIpc) is 2.69. The molecule has 0 saturated heterocycles. The van der Waals surface area contributed by atoms with E-state index in [9.17, 15) is 24.0 Å². The lowest BCUT2D eigenvalue weighted by Gasteiger charge is -2.18. The second-order valence-electron chi connectivity index (χ2n) is 6.16. The fourth-order valence-electron chi connectivity index (χ4n) is 2.13. The molecule has 12 heteroatoms. The van der Waals surface area contributed by atoms with Gasteiger partial charge in [-0.05, 0) is 18.6 Å². The van der Waals surface area contributed by atoms with Crippen molar-refractivity contribution in [1.29, 1.82) is 0 Å². The van der Waals surface area contributed by atoms with Gasteiger partial charge in [0, 0.05) is 22.2 Å². The van der Waals surface area contributed by atoms with Gasteiger partial charge in [0.1, 0.15) is 18.6 Å². The van der Waals surface area contributed by atoms with Crippen molar-refractivity contribution in [3.8, 4) is 0 Å². The summed E-state index contributed by atoms with van der Waals surface area (Å²) in [7, 11) is 0. The molecule has 2 amide bonds. The van der Waals surface area contributed by atoms with Gasteiger partial charge in [-0.2, -0.15) is 11.8 Å². The maximum absolute atomic E-state index is 12.2. The molecule has 10 nitrogen and oxygen atoms in total. The fraction of sp³-hybridized carbons (Fsp3) is 0.389. The molecule has 0 fully saturated rings. The van der Waals surface area contributed by atoms with E-state index in [2.05, 4.69) is 26.6 Å². The van der Waals surface area contributed by atoms with Crippen molar-refractivity contribution in [2.75, 3.05) is 18.1 Å². The van der Waals surface area contributed by atoms with Crippen LogP contribution in [0.1, 0.15) is 23.2 Å². The van der Waals surface area contributed by atoms with E-state index in [-0.39, 0.29) is 30.1 Å². The molecule has 0 heterocycles. The number of nitrogens with one attached hydrogen (secondary N) is 2. The van der Waals surface area contributed by atoms with E-state index in [1.54, 1.807) is 24.3 Å². The van der Waals surface area contributed by atoms with Gasteiger partial charge in [-0.15, -0.1) is 0 Å². The second kappa shape index (κ2) is 13.0. The average molecular weight is 504 g/mol. The molecule has 0 aliphatic heterocycles. The van der Waals surface area contributed by atoms with Crippen LogP contribution in [0.15, 0.2) is 28.7 Å². The number of benzene rings is 1. The van der Waals surface area contributed by atoms with Crippen LogP contribution in [0, 0.1) is 0 Å². The number of carboxylic acid groups (broad SMARTS) is 2. The van der Waals surface area contributed by atoms with Crippen LogP contribution in [0.3, 0.4) is 0 Å². The molecule has 0 spiro atoms. The summed E-state index contributed by atoms with van der Waals surface area (Å²) < 4.78 is 0.826. The van der Waals surface area contributed by atoms with Gasteiger partial charge in [0.2, 0.25) is 11.8 Å². The molecule has 30 heavy (non-hydrogen) atoms. The van der Waals surface area contributed by atoms with Crippen molar-refractivity contribution in [3.05, 3.63) is 34.3 Å². The number of aliphatic carboxylic acids is 2. The minimum Gasteiger partial charge on any atom is -0.480 e. The number of nitrogens with two attached hydrogens (primary N) is 1. The Kier molecular flexibility index (Phi) is 11.1. The first kappa shape index (κ1) is 25.6. The molecular weight excluding hydrogens is 482 g/mol. The Morgan fingerprint density at radius 2 is 1.73 bits per heavy atom. The van der Waals surface area contributed by atoms with Gasteiger partial charge in [-0.1, -0.05) is 28.1 Å². The molecule has 1 aromatic carbocycles. The molecular formula is C18H22BrN3O7S. The van der Waals surface area contributed by atoms with Crippen LogP contribution < -0.4 is 16.4 Å². The van der Waals surface area contributed by atoms with Crippen LogP contribution in [-0.4, -0.2) is 69.9 Å². The lowest BCUT2D eigenvalue weighted by Crippen LogP contribution is -2.49. The van der Waals surface area contributed by atoms with E-state index < -0.39 is 42.4 Å². The first-order valence-corrected chi connectivity index (χ1v) is 10.7. The van der Waals surface area contributed by atoms with E-state index >= 15 is 0 Å². The predicted molar refractivity (Wildman–Crippen MR) is 113 cm³/mol. The normalized spacial score (nSPS) is 12.5. The van der Waals surface area contributed by atoms with Gasteiger partial charge in [-0.25, -0.2) is 0 Å². The number of hydrogen-bond donors (Lipinski definition) is 5. The van der Waals surface area contributed by atoms with Crippen LogP contribution in [0.2, 0.25) is 0 Å². The summed E-state index contributed by atoms with van der Waals surface area (Å²) in [6.45, 7) is -0.627. The summed E-state index contributed by atoms with van der Waals surface area (Å²) in [5.74, 6) is -3.94. The number of amides is 2. The quantitative estimate of drug-likeness (QED) is 0.236. The zero-order chi connectivity index (χ0) is 22.7. The van der Waals surface area contributed by atoms with Crippen molar-refractivity contribution >= 4 is 57.2 Å². The molecule has 0 radical (unpaired) electrons. The molecule has 0 bridgehead atoms. The number of ketones is 1. The molecule has 1 aromatic rings. The van der Waals surface area contributed by atoms with Crippen molar-refractivity contribution in [2.24, 2.45) is 5.73 Å². The molecule has 0 aromatic heterocycles. The number of thioether (sulfide) groups is 1. The summed E-state index contributed by atoms with van der Waals surface area (Å²) in [6, 6.07) is 4.44. The number of hydrogen-bond acceptors (Lipinski definition) is 7. The molecule has 0 aliphatic carbocycles. The highest BCUT2D eigenvalue weighted by atomic mass is 79.9. The monoisotopic (exact) mass is 503 g/mol. The van der Waals surface area contributed by atoms with Gasteiger partial charge in [-0.3, -0.25) is 24.0 Å². The van der Waals surface area contributed by atoms with Gasteiger partial charge in [0.05, 0.1) is 5.75 Å². The third-order valence-corrected chi connectivity index (χ3v) is 5.31. The number of rotatable bonds is 13. The Hall–Kier alpha value is -2.44. The highest BCUT2D eigenvalue weighted by molar-refractivity contribution is 9.10. The number of halogens is 1. The Bertz CT molecular complexity index is 788. The third kappa shape index (κ3) is 9.85. The standard InChI is InChI=1S/C18H22BrN3O7S/c19-11-3-1-10(2-4-11)14(23)9-30-8-13(17(27)21-7-16(25)26)22-15(24)6-5-12(20)18(28)29/h1-4,12-13H,5-9,20H2,(H,21,27)(H,22,24)(H,25,26)(H,28,29)/t12-,13-/m0/s1. The second-order valence-corrected chi connectivity index (χ2v) is 8.11. The van der Waals surface area contributed by atoms with Crippen LogP contribution >= 0.6 is 27.7 Å². The minimum atomic E-state index is -1.25. The van der Waals surface area contributed by atoms with Crippen molar-refractivity contribution in [3.63, 3.8) is 0 Å². The number of Topliss-reactive ketones (excluding diaryl/α,β-unsaturated/α-hetero) is 1. The highest BCUT2D eigenvalue weighted by Gasteiger charge is 2.23. The molecule has 164 valence electrons. The van der Waals surface area contributed by atoms with E-state index in [1.165, 1.54) is 0 Å². The SMILES string of the molecule is N[C@@H](CCC(=O)N[C@@H](CSCC(=O)c1ccc(Br)cc1)C(=O)NCC(=O)O)C(=O)O. The largest absolute Gasteiger partial charge is 0.480 e. The molecule has 0 unspecified atom stereocenters. The van der Waals surface area contributed by atoms with Gasteiger partial charge >= 0.3 is 11.9 Å². The lowest BCUT2D eigenvalue weighted by molar-refractivity contribution is -0.139. The maximum atomic E-state index is 12.2. The van der Waals surface area contributed by atoms with Crippen LogP contribution in [0.4, 0.5) is 0 Å². The Labute approximate surface area is 185 Å². The maximum Gasteiger partial charge on any atom is 0.322 e. The zero-order valence-corrected chi connectivity index (χ0v) is 18.2. The summed E-state index contributed by atoms with van der Waals surface area (Å²) in [6.07, 6.45) is -0.349. The Morgan fingerprint density at radius 1 is 1.10 bits per heavy atom. The summed E-state index contributed by atoms with van der Waals surface area (Å²) in [5, 5.41) is 22.0. The van der Waals surface area contributed by atoms with Crippen molar-refractivity contribution in [1.82, 2.24) is 10.6 Å². The fourth-order valence-corrected chi connectivity index (χ4v) is 3.34. The van der Waals surface area contributed by atoms with Crippen molar-refractivity contribution < 1.29 is 34.2 Å². The first-order chi connectivity index (χ1) is 14.1. The number of carbonyl (C=O) groups is 5. The van der Waals surface area contributed by atoms with Gasteiger partial charge < -0.3 is 26.6 Å². The molecule has 1 rings (SSSR count). The third-order valence-electron chi connectivity index (χ3n) is 3.75. The van der Waals surface area contributed by atoms with E-state index in [4.69, 9.17) is 15.9 Å². The van der Waals surface area contributed by atoms with Crippen molar-refractivity contribution in [2.45, 2.75) is 24.9 Å². The topological polar surface area (TPSA) is 176 Å². The van der Waals surface area contributed by atoms with Gasteiger partial charge in [0.25, 0.3) is 0 Å². The molecule has 0 aliphatic rings. The Morgan fingerprint density at radius 3 is 2.30 bits per heavy atom. The van der Waals surface area contributed by atoms with E-state index in [1.807, 2.05) is 0 Å².